The Labute approximate surface area is 213 Å². The highest BCUT2D eigenvalue weighted by molar-refractivity contribution is 5.82. The molecule has 2 aromatic carbocycles. The van der Waals surface area contributed by atoms with Crippen LogP contribution in [0.3, 0.4) is 0 Å². The lowest BCUT2D eigenvalue weighted by Crippen LogP contribution is -2.36. The van der Waals surface area contributed by atoms with E-state index in [9.17, 15) is 13.6 Å². The molecule has 0 spiro atoms. The van der Waals surface area contributed by atoms with Crippen LogP contribution in [0.15, 0.2) is 72.8 Å². The molecule has 2 aromatic rings. The number of allylic oxidation sites excluding steroid dienone is 3. The highest BCUT2D eigenvalue weighted by atomic mass is 19.1. The molecule has 4 nitrogen and oxygen atoms in total. The van der Waals surface area contributed by atoms with Gasteiger partial charge in [0.1, 0.15) is 17.7 Å². The second kappa shape index (κ2) is 15.3. The number of piperidine rings is 1. The zero-order valence-corrected chi connectivity index (χ0v) is 21.1. The number of hydrogen-bond acceptors (Lipinski definition) is 4. The standard InChI is InChI=1S/C30H37F2NO3/c1-2-35-29(34)9-7-5-3-4-6-8-24-18-20-33(21-19-24)22-23-36-30(25-10-14-27(31)15-11-25)26-12-16-28(32)17-13-26/h3,5,7,9-17,24,30H,2,4,6,8,18-23H2,1H3. The van der Waals surface area contributed by atoms with Crippen molar-refractivity contribution in [2.75, 3.05) is 32.8 Å². The van der Waals surface area contributed by atoms with Crippen molar-refractivity contribution in [1.82, 2.24) is 4.90 Å². The molecule has 0 bridgehead atoms. The molecule has 0 N–H and O–H groups in total. The van der Waals surface area contributed by atoms with Gasteiger partial charge in [-0.25, -0.2) is 13.6 Å². The number of hydrogen-bond donors (Lipinski definition) is 0. The van der Waals surface area contributed by atoms with Gasteiger partial charge in [0.25, 0.3) is 0 Å². The van der Waals surface area contributed by atoms with E-state index in [0.717, 1.165) is 49.5 Å². The van der Waals surface area contributed by atoms with Gasteiger partial charge in [0, 0.05) is 12.6 Å². The highest BCUT2D eigenvalue weighted by Gasteiger charge is 2.20. The topological polar surface area (TPSA) is 38.8 Å². The minimum absolute atomic E-state index is 0.290. The summed E-state index contributed by atoms with van der Waals surface area (Å²) in [6.45, 7) is 5.69. The van der Waals surface area contributed by atoms with Crippen LogP contribution >= 0.6 is 0 Å². The normalized spacial score (nSPS) is 15.3. The van der Waals surface area contributed by atoms with Gasteiger partial charge in [0.15, 0.2) is 0 Å². The van der Waals surface area contributed by atoms with Gasteiger partial charge in [-0.05, 0) is 87.0 Å². The molecule has 1 aliphatic heterocycles. The third-order valence-electron chi connectivity index (χ3n) is 6.49. The van der Waals surface area contributed by atoms with Crippen molar-refractivity contribution in [3.8, 4) is 0 Å². The summed E-state index contributed by atoms with van der Waals surface area (Å²) in [4.78, 5) is 13.7. The number of rotatable bonds is 13. The molecule has 0 aliphatic carbocycles. The predicted octanol–water partition coefficient (Wildman–Crippen LogP) is 6.63. The first-order chi connectivity index (χ1) is 17.5. The Kier molecular flexibility index (Phi) is 11.8. The largest absolute Gasteiger partial charge is 0.463 e. The van der Waals surface area contributed by atoms with Crippen molar-refractivity contribution in [2.24, 2.45) is 5.92 Å². The number of carbonyl (C=O) groups is 1. The Morgan fingerprint density at radius 2 is 1.61 bits per heavy atom. The van der Waals surface area contributed by atoms with Gasteiger partial charge in [-0.15, -0.1) is 0 Å². The maximum Gasteiger partial charge on any atom is 0.330 e. The van der Waals surface area contributed by atoms with Crippen LogP contribution in [0.25, 0.3) is 0 Å². The highest BCUT2D eigenvalue weighted by Crippen LogP contribution is 2.27. The van der Waals surface area contributed by atoms with Gasteiger partial charge in [0.05, 0.1) is 13.2 Å². The molecular formula is C30H37F2NO3. The zero-order valence-electron chi connectivity index (χ0n) is 21.1. The molecule has 194 valence electrons. The average molecular weight is 498 g/mol. The first-order valence-electron chi connectivity index (χ1n) is 12.9. The average Bonchev–Trinajstić information content (AvgIpc) is 2.88. The van der Waals surface area contributed by atoms with Crippen molar-refractivity contribution in [1.29, 1.82) is 0 Å². The molecular weight excluding hydrogens is 460 g/mol. The Morgan fingerprint density at radius 3 is 2.19 bits per heavy atom. The number of esters is 1. The number of nitrogens with zero attached hydrogens (tertiary/aromatic N) is 1. The van der Waals surface area contributed by atoms with Gasteiger partial charge in [-0.3, -0.25) is 0 Å². The van der Waals surface area contributed by atoms with E-state index in [4.69, 9.17) is 9.47 Å². The van der Waals surface area contributed by atoms with Crippen molar-refractivity contribution >= 4 is 5.97 Å². The fourth-order valence-corrected chi connectivity index (χ4v) is 4.48. The third kappa shape index (κ3) is 9.67. The fourth-order valence-electron chi connectivity index (χ4n) is 4.48. The second-order valence-corrected chi connectivity index (χ2v) is 9.11. The Hall–Kier alpha value is -2.83. The van der Waals surface area contributed by atoms with Crippen LogP contribution in [0, 0.1) is 17.6 Å². The predicted molar refractivity (Wildman–Crippen MR) is 139 cm³/mol. The smallest absolute Gasteiger partial charge is 0.330 e. The zero-order chi connectivity index (χ0) is 25.6. The van der Waals surface area contributed by atoms with E-state index in [1.807, 2.05) is 6.08 Å². The molecule has 1 heterocycles. The lowest BCUT2D eigenvalue weighted by atomic mass is 9.91. The maximum absolute atomic E-state index is 13.4. The minimum Gasteiger partial charge on any atom is -0.463 e. The minimum atomic E-state index is -0.357. The summed E-state index contributed by atoms with van der Waals surface area (Å²) >= 11 is 0. The van der Waals surface area contributed by atoms with Crippen molar-refractivity contribution < 1.29 is 23.0 Å². The van der Waals surface area contributed by atoms with Crippen molar-refractivity contribution in [2.45, 2.75) is 45.1 Å². The van der Waals surface area contributed by atoms with Crippen LogP contribution in [0.5, 0.6) is 0 Å². The van der Waals surface area contributed by atoms with Crippen LogP contribution in [-0.2, 0) is 14.3 Å². The number of carbonyl (C=O) groups excluding carboxylic acids is 1. The summed E-state index contributed by atoms with van der Waals surface area (Å²) in [6.07, 6.45) is 12.6. The van der Waals surface area contributed by atoms with E-state index in [1.165, 1.54) is 49.6 Å². The molecule has 0 saturated carbocycles. The first-order valence-corrected chi connectivity index (χ1v) is 12.9. The fraction of sp³-hybridized carbons (Fsp3) is 0.433. The molecule has 1 fully saturated rings. The number of likely N-dealkylation sites (tertiary alicyclic amines) is 1. The molecule has 0 radical (unpaired) electrons. The molecule has 0 aromatic heterocycles. The molecule has 1 saturated heterocycles. The Balaban J connectivity index is 1.36. The first kappa shape index (κ1) is 27.8. The maximum atomic E-state index is 13.4. The Morgan fingerprint density at radius 1 is 1.00 bits per heavy atom. The van der Waals surface area contributed by atoms with Crippen molar-refractivity contribution in [3.05, 3.63) is 95.6 Å². The number of benzene rings is 2. The summed E-state index contributed by atoms with van der Waals surface area (Å²) in [7, 11) is 0. The van der Waals surface area contributed by atoms with E-state index in [2.05, 4.69) is 11.0 Å². The lowest BCUT2D eigenvalue weighted by molar-refractivity contribution is -0.137. The monoisotopic (exact) mass is 497 g/mol. The van der Waals surface area contributed by atoms with E-state index in [1.54, 1.807) is 37.3 Å². The van der Waals surface area contributed by atoms with Crippen LogP contribution in [0.2, 0.25) is 0 Å². The van der Waals surface area contributed by atoms with E-state index in [-0.39, 0.29) is 23.7 Å². The van der Waals surface area contributed by atoms with E-state index < -0.39 is 0 Å². The van der Waals surface area contributed by atoms with E-state index >= 15 is 0 Å². The van der Waals surface area contributed by atoms with Crippen LogP contribution in [0.1, 0.15) is 56.3 Å². The number of unbranched alkanes of at least 4 members (excludes halogenated alkanes) is 1. The lowest BCUT2D eigenvalue weighted by Gasteiger charge is -2.32. The molecule has 3 rings (SSSR count). The molecule has 0 unspecified atom stereocenters. The SMILES string of the molecule is CCOC(=O)C=CC=CCCCC1CCN(CCOC(c2ccc(F)cc2)c2ccc(F)cc2)CC1. The van der Waals surface area contributed by atoms with Gasteiger partial charge < -0.3 is 14.4 Å². The van der Waals surface area contributed by atoms with Gasteiger partial charge in [0.2, 0.25) is 0 Å². The number of halogens is 2. The summed E-state index contributed by atoms with van der Waals surface area (Å²) in [5.41, 5.74) is 1.71. The molecule has 1 aliphatic rings. The summed E-state index contributed by atoms with van der Waals surface area (Å²) in [5, 5.41) is 0. The van der Waals surface area contributed by atoms with Gasteiger partial charge in [-0.2, -0.15) is 0 Å². The quantitative estimate of drug-likeness (QED) is 0.135. The summed E-state index contributed by atoms with van der Waals surface area (Å²) in [6, 6.07) is 12.6. The number of ether oxygens (including phenoxy) is 2. The van der Waals surface area contributed by atoms with Crippen molar-refractivity contribution in [3.63, 3.8) is 0 Å². The van der Waals surface area contributed by atoms with Gasteiger partial charge >= 0.3 is 5.97 Å². The third-order valence-corrected chi connectivity index (χ3v) is 6.49. The van der Waals surface area contributed by atoms with Crippen LogP contribution in [-0.4, -0.2) is 43.7 Å². The molecule has 6 heteroatoms. The molecule has 36 heavy (non-hydrogen) atoms. The molecule has 0 amide bonds. The summed E-state index contributed by atoms with van der Waals surface area (Å²) < 4.78 is 37.9. The van der Waals surface area contributed by atoms with Gasteiger partial charge in [-0.1, -0.05) is 48.9 Å². The van der Waals surface area contributed by atoms with E-state index in [0.29, 0.717) is 13.2 Å². The Bertz CT molecular complexity index is 919. The summed E-state index contributed by atoms with van der Waals surface area (Å²) in [5.74, 6) is -0.139. The molecule has 0 atom stereocenters. The second-order valence-electron chi connectivity index (χ2n) is 9.11. The van der Waals surface area contributed by atoms with Crippen LogP contribution in [0.4, 0.5) is 8.78 Å². The van der Waals surface area contributed by atoms with Crippen LogP contribution < -0.4 is 0 Å².